The zero-order valence-corrected chi connectivity index (χ0v) is 22.0. The van der Waals surface area contributed by atoms with Crippen molar-refractivity contribution in [2.75, 3.05) is 44.3 Å². The Morgan fingerprint density at radius 1 is 1.03 bits per heavy atom. The Balaban J connectivity index is 1.56. The van der Waals surface area contributed by atoms with Crippen LogP contribution in [-0.4, -0.2) is 71.4 Å². The van der Waals surface area contributed by atoms with Gasteiger partial charge in [-0.15, -0.1) is 0 Å². The number of hydroxylamine groups is 1. The number of hydrogen-bond acceptors (Lipinski definition) is 8. The minimum Gasteiger partial charge on any atom is -0.491 e. The summed E-state index contributed by atoms with van der Waals surface area (Å²) in [5.74, 6) is 0.474. The number of ether oxygens (including phenoxy) is 1. The molecule has 1 heterocycles. The fourth-order valence-electron chi connectivity index (χ4n) is 4.50. The monoisotopic (exact) mass is 557 g/mol. The smallest absolute Gasteiger partial charge is 0.149 e. The molecule has 0 unspecified atom stereocenters. The molecule has 5 N–H and O–H groups in total. The molecule has 9 nitrogen and oxygen atoms in total. The lowest BCUT2D eigenvalue weighted by atomic mass is 10.00. The molecule has 38 heavy (non-hydrogen) atoms. The van der Waals surface area contributed by atoms with E-state index in [9.17, 15) is 5.21 Å². The van der Waals surface area contributed by atoms with E-state index in [2.05, 4.69) is 15.0 Å². The van der Waals surface area contributed by atoms with E-state index in [1.807, 2.05) is 41.9 Å². The number of piperazine rings is 1. The second-order valence-electron chi connectivity index (χ2n) is 8.79. The Kier molecular flexibility index (Phi) is 9.43. The van der Waals surface area contributed by atoms with Gasteiger partial charge in [0, 0.05) is 48.4 Å². The zero-order chi connectivity index (χ0) is 27.1. The molecular weight excluding hydrogens is 529 g/mol. The molecule has 1 aliphatic rings. The topological polar surface area (TPSA) is 125 Å². The molecule has 200 valence electrons. The van der Waals surface area contributed by atoms with Crippen molar-refractivity contribution in [2.24, 2.45) is 5.16 Å². The van der Waals surface area contributed by atoms with Crippen molar-refractivity contribution in [3.63, 3.8) is 0 Å². The standard InChI is InChI=1S/C27H29Cl2N5O4/c28-21-7-5-19(6-8-21)26-17-33(16-24(31-36)18-1-3-20(4-2-18)27(30)32-37)11-12-34(26)25-10-9-22(15-23(25)29)38-14-13-35/h1-10,15,26,35-37H,11-14,16-17H2,(H2,30,32)/b31-24+/t26-/m0/s1. The first-order chi connectivity index (χ1) is 18.4. The number of benzene rings is 3. The predicted octanol–water partition coefficient (Wildman–Crippen LogP) is 4.41. The van der Waals surface area contributed by atoms with Crippen LogP contribution < -0.4 is 15.1 Å². The van der Waals surface area contributed by atoms with E-state index in [-0.39, 0.29) is 25.1 Å². The molecule has 0 spiro atoms. The van der Waals surface area contributed by atoms with Crippen molar-refractivity contribution in [1.29, 1.82) is 5.41 Å². The van der Waals surface area contributed by atoms with Crippen molar-refractivity contribution < 1.29 is 20.3 Å². The molecule has 3 aromatic rings. The first-order valence-electron chi connectivity index (χ1n) is 12.0. The van der Waals surface area contributed by atoms with Crippen LogP contribution in [-0.2, 0) is 0 Å². The van der Waals surface area contributed by atoms with Crippen LogP contribution in [0.1, 0.15) is 22.7 Å². The molecule has 0 saturated carbocycles. The molecule has 1 fully saturated rings. The lowest BCUT2D eigenvalue weighted by Crippen LogP contribution is -2.50. The Morgan fingerprint density at radius 3 is 2.37 bits per heavy atom. The molecule has 3 aromatic carbocycles. The van der Waals surface area contributed by atoms with Gasteiger partial charge in [0.1, 0.15) is 23.9 Å². The van der Waals surface area contributed by atoms with Gasteiger partial charge in [-0.1, -0.05) is 64.8 Å². The van der Waals surface area contributed by atoms with Crippen LogP contribution in [0, 0.1) is 5.41 Å². The number of nitrogens with one attached hydrogen (secondary N) is 2. The summed E-state index contributed by atoms with van der Waals surface area (Å²) in [6.45, 7) is 2.52. The van der Waals surface area contributed by atoms with Gasteiger partial charge < -0.3 is 20.0 Å². The van der Waals surface area contributed by atoms with Crippen molar-refractivity contribution in [3.8, 4) is 5.75 Å². The number of rotatable bonds is 9. The fraction of sp³-hybridized carbons (Fsp3) is 0.259. The van der Waals surface area contributed by atoms with Gasteiger partial charge in [-0.2, -0.15) is 0 Å². The number of amidine groups is 1. The molecule has 0 radical (unpaired) electrons. The van der Waals surface area contributed by atoms with Crippen molar-refractivity contribution in [2.45, 2.75) is 6.04 Å². The summed E-state index contributed by atoms with van der Waals surface area (Å²) in [6, 6.07) is 20.1. The Bertz CT molecular complexity index is 1270. The second-order valence-corrected chi connectivity index (χ2v) is 9.64. The first-order valence-corrected chi connectivity index (χ1v) is 12.8. The maximum atomic E-state index is 9.80. The van der Waals surface area contributed by atoms with E-state index in [0.717, 1.165) is 11.3 Å². The average molecular weight is 558 g/mol. The molecule has 0 aromatic heterocycles. The van der Waals surface area contributed by atoms with Crippen molar-refractivity contribution in [1.82, 2.24) is 10.4 Å². The minimum absolute atomic E-state index is 0.0545. The van der Waals surface area contributed by atoms with Crippen LogP contribution in [0.4, 0.5) is 5.69 Å². The number of anilines is 1. The summed E-state index contributed by atoms with van der Waals surface area (Å²) in [4.78, 5) is 4.46. The quantitative estimate of drug-likeness (QED) is 0.114. The second kappa shape index (κ2) is 12.9. The van der Waals surface area contributed by atoms with Gasteiger partial charge in [-0.05, 0) is 29.8 Å². The van der Waals surface area contributed by atoms with Gasteiger partial charge in [0.05, 0.1) is 23.4 Å². The minimum atomic E-state index is -0.118. The first kappa shape index (κ1) is 27.7. The average Bonchev–Trinajstić information content (AvgIpc) is 2.95. The third-order valence-electron chi connectivity index (χ3n) is 6.42. The molecule has 4 rings (SSSR count). The van der Waals surface area contributed by atoms with Gasteiger partial charge in [0.15, 0.2) is 0 Å². The van der Waals surface area contributed by atoms with E-state index in [1.54, 1.807) is 30.3 Å². The van der Waals surface area contributed by atoms with Gasteiger partial charge in [-0.25, -0.2) is 0 Å². The lowest BCUT2D eigenvalue weighted by molar-refractivity contribution is 0.201. The highest BCUT2D eigenvalue weighted by atomic mass is 35.5. The molecule has 0 amide bonds. The maximum Gasteiger partial charge on any atom is 0.149 e. The fourth-order valence-corrected chi connectivity index (χ4v) is 4.91. The van der Waals surface area contributed by atoms with E-state index in [1.165, 1.54) is 0 Å². The predicted molar refractivity (Wildman–Crippen MR) is 149 cm³/mol. The molecule has 1 saturated heterocycles. The Labute approximate surface area is 230 Å². The van der Waals surface area contributed by atoms with Crippen LogP contribution in [0.2, 0.25) is 10.0 Å². The molecule has 11 heteroatoms. The normalized spacial score (nSPS) is 16.4. The summed E-state index contributed by atoms with van der Waals surface area (Å²) in [5, 5.41) is 40.2. The highest BCUT2D eigenvalue weighted by Gasteiger charge is 2.30. The van der Waals surface area contributed by atoms with E-state index >= 15 is 0 Å². The summed E-state index contributed by atoms with van der Waals surface area (Å²) in [7, 11) is 0. The molecule has 0 aliphatic carbocycles. The Hall–Kier alpha value is -3.34. The zero-order valence-electron chi connectivity index (χ0n) is 20.5. The highest BCUT2D eigenvalue weighted by Crippen LogP contribution is 2.37. The van der Waals surface area contributed by atoms with Crippen LogP contribution in [0.3, 0.4) is 0 Å². The number of aliphatic hydroxyl groups excluding tert-OH is 1. The summed E-state index contributed by atoms with van der Waals surface area (Å²) in [6.07, 6.45) is 0. The summed E-state index contributed by atoms with van der Waals surface area (Å²) < 4.78 is 5.50. The van der Waals surface area contributed by atoms with Crippen molar-refractivity contribution >= 4 is 40.4 Å². The number of oxime groups is 1. The number of halogens is 2. The summed E-state index contributed by atoms with van der Waals surface area (Å²) >= 11 is 12.8. The van der Waals surface area contributed by atoms with Gasteiger partial charge in [0.25, 0.3) is 0 Å². The number of nitrogens with zero attached hydrogens (tertiary/aromatic N) is 3. The summed E-state index contributed by atoms with van der Waals surface area (Å²) in [5.41, 5.74) is 5.48. The van der Waals surface area contributed by atoms with E-state index in [4.69, 9.17) is 43.7 Å². The van der Waals surface area contributed by atoms with Crippen LogP contribution in [0.15, 0.2) is 71.9 Å². The number of hydrogen-bond donors (Lipinski definition) is 5. The van der Waals surface area contributed by atoms with Crippen LogP contribution >= 0.6 is 23.2 Å². The van der Waals surface area contributed by atoms with Crippen LogP contribution in [0.5, 0.6) is 5.75 Å². The third kappa shape index (κ3) is 6.56. The molecule has 0 bridgehead atoms. The molecular formula is C27H29Cl2N5O4. The van der Waals surface area contributed by atoms with Gasteiger partial charge in [0.2, 0.25) is 0 Å². The molecule has 1 aliphatic heterocycles. The van der Waals surface area contributed by atoms with Gasteiger partial charge >= 0.3 is 0 Å². The van der Waals surface area contributed by atoms with E-state index in [0.29, 0.717) is 58.8 Å². The molecule has 1 atom stereocenters. The number of aliphatic hydroxyl groups is 1. The SMILES string of the molecule is N=C(NO)c1ccc(/C(CN2CCN(c3ccc(OCCO)cc3Cl)[C@H](c3ccc(Cl)cc3)C2)=N/O)cc1. The van der Waals surface area contributed by atoms with Gasteiger partial charge in [-0.3, -0.25) is 21.0 Å². The third-order valence-corrected chi connectivity index (χ3v) is 6.98. The van der Waals surface area contributed by atoms with Crippen LogP contribution in [0.25, 0.3) is 0 Å². The maximum absolute atomic E-state index is 9.80. The highest BCUT2D eigenvalue weighted by molar-refractivity contribution is 6.33. The van der Waals surface area contributed by atoms with Crippen molar-refractivity contribution in [3.05, 3.63) is 93.5 Å². The lowest BCUT2D eigenvalue weighted by Gasteiger charge is -2.43. The Morgan fingerprint density at radius 2 is 1.74 bits per heavy atom. The van der Waals surface area contributed by atoms with E-state index < -0.39 is 0 Å². The largest absolute Gasteiger partial charge is 0.491 e.